The Kier molecular flexibility index (Phi) is 2.75. The Morgan fingerprint density at radius 1 is 1.55 bits per heavy atom. The highest BCUT2D eigenvalue weighted by Gasteiger charge is 2.09. The molecule has 0 radical (unpaired) electrons. The predicted molar refractivity (Wildman–Crippen MR) is 49.3 cm³/mol. The van der Waals surface area contributed by atoms with Gasteiger partial charge >= 0.3 is 0 Å². The second-order valence-electron chi connectivity index (χ2n) is 3.49. The van der Waals surface area contributed by atoms with Crippen LogP contribution in [0.4, 0.5) is 0 Å². The van der Waals surface area contributed by atoms with Crippen molar-refractivity contribution >= 4 is 0 Å². The van der Waals surface area contributed by atoms with Gasteiger partial charge in [0.25, 0.3) is 0 Å². The molecule has 1 rings (SSSR count). The first-order valence-electron chi connectivity index (χ1n) is 4.33. The zero-order valence-electron chi connectivity index (χ0n) is 7.59. The van der Waals surface area contributed by atoms with Gasteiger partial charge in [0.1, 0.15) is 0 Å². The van der Waals surface area contributed by atoms with E-state index in [1.165, 1.54) is 12.1 Å². The Labute approximate surface area is 69.2 Å². The molecular weight excluding hydrogens is 134 g/mol. The highest BCUT2D eigenvalue weighted by atomic mass is 14.9. The summed E-state index contributed by atoms with van der Waals surface area (Å²) in [5.74, 6) is 0.669. The Morgan fingerprint density at radius 2 is 2.27 bits per heavy atom. The summed E-state index contributed by atoms with van der Waals surface area (Å²) in [5.41, 5.74) is 1.38. The summed E-state index contributed by atoms with van der Waals surface area (Å²) in [5, 5.41) is 3.44. The molecule has 0 fully saturated rings. The van der Waals surface area contributed by atoms with Crippen LogP contribution in [0.1, 0.15) is 27.2 Å². The summed E-state index contributed by atoms with van der Waals surface area (Å²) in [6, 6.07) is 0.551. The van der Waals surface area contributed by atoms with E-state index in [1.54, 1.807) is 0 Å². The fourth-order valence-corrected chi connectivity index (χ4v) is 1.27. The van der Waals surface area contributed by atoms with Gasteiger partial charge in [0.15, 0.2) is 0 Å². The largest absolute Gasteiger partial charge is 0.386 e. The van der Waals surface area contributed by atoms with Crippen LogP contribution in [-0.2, 0) is 0 Å². The molecule has 62 valence electrons. The number of hydrogen-bond donors (Lipinski definition) is 1. The van der Waals surface area contributed by atoms with Crippen molar-refractivity contribution in [2.45, 2.75) is 33.2 Å². The van der Waals surface area contributed by atoms with E-state index in [9.17, 15) is 0 Å². The maximum Gasteiger partial charge on any atom is 0.0201 e. The number of rotatable bonds is 2. The van der Waals surface area contributed by atoms with E-state index >= 15 is 0 Å². The molecule has 0 aromatic heterocycles. The quantitative estimate of drug-likeness (QED) is 0.639. The molecule has 0 saturated heterocycles. The van der Waals surface area contributed by atoms with Gasteiger partial charge in [-0.25, -0.2) is 0 Å². The first-order chi connectivity index (χ1) is 5.20. The maximum absolute atomic E-state index is 3.44. The van der Waals surface area contributed by atoms with Gasteiger partial charge in [-0.1, -0.05) is 19.1 Å². The van der Waals surface area contributed by atoms with Crippen molar-refractivity contribution in [2.24, 2.45) is 5.92 Å². The summed E-state index contributed by atoms with van der Waals surface area (Å²) in [6.45, 7) is 6.60. The Morgan fingerprint density at radius 3 is 2.82 bits per heavy atom. The number of nitrogens with one attached hydrogen (secondary N) is 1. The second kappa shape index (κ2) is 3.61. The van der Waals surface area contributed by atoms with Crippen LogP contribution in [0.2, 0.25) is 0 Å². The molecule has 0 amide bonds. The third-order valence-corrected chi connectivity index (χ3v) is 1.89. The lowest BCUT2D eigenvalue weighted by Gasteiger charge is -2.21. The highest BCUT2D eigenvalue weighted by Crippen LogP contribution is 2.17. The van der Waals surface area contributed by atoms with E-state index in [0.717, 1.165) is 0 Å². The fourth-order valence-electron chi connectivity index (χ4n) is 1.27. The first kappa shape index (κ1) is 8.38. The summed E-state index contributed by atoms with van der Waals surface area (Å²) in [6.07, 6.45) is 7.70. The Hall–Kier alpha value is -0.720. The third-order valence-electron chi connectivity index (χ3n) is 1.89. The lowest BCUT2D eigenvalue weighted by molar-refractivity contribution is 0.559. The summed E-state index contributed by atoms with van der Waals surface area (Å²) in [7, 11) is 0. The first-order valence-corrected chi connectivity index (χ1v) is 4.33. The van der Waals surface area contributed by atoms with Crippen molar-refractivity contribution in [3.63, 3.8) is 0 Å². The summed E-state index contributed by atoms with van der Waals surface area (Å²) >= 11 is 0. The van der Waals surface area contributed by atoms with Crippen molar-refractivity contribution in [3.05, 3.63) is 23.9 Å². The van der Waals surface area contributed by atoms with Crippen LogP contribution < -0.4 is 5.32 Å². The molecule has 1 nitrogen and oxygen atoms in total. The maximum atomic E-state index is 3.44. The Bertz CT molecular complexity index is 177. The van der Waals surface area contributed by atoms with Crippen LogP contribution >= 0.6 is 0 Å². The molecule has 1 unspecified atom stereocenters. The average molecular weight is 151 g/mol. The van der Waals surface area contributed by atoms with Gasteiger partial charge in [-0.3, -0.25) is 0 Å². The van der Waals surface area contributed by atoms with Crippen molar-refractivity contribution in [3.8, 4) is 0 Å². The lowest BCUT2D eigenvalue weighted by Crippen LogP contribution is -2.26. The fraction of sp³-hybridized carbons (Fsp3) is 0.600. The van der Waals surface area contributed by atoms with Crippen LogP contribution in [0, 0.1) is 5.92 Å². The molecule has 1 atom stereocenters. The molecule has 0 aromatic rings. The second-order valence-corrected chi connectivity index (χ2v) is 3.49. The van der Waals surface area contributed by atoms with Crippen LogP contribution in [-0.4, -0.2) is 6.04 Å². The molecule has 0 heterocycles. The average Bonchev–Trinajstić information content (AvgIpc) is 1.93. The molecular formula is C10H17N. The van der Waals surface area contributed by atoms with Gasteiger partial charge < -0.3 is 5.32 Å². The van der Waals surface area contributed by atoms with Crippen molar-refractivity contribution in [1.82, 2.24) is 5.32 Å². The van der Waals surface area contributed by atoms with E-state index < -0.39 is 0 Å². The molecule has 1 N–H and O–H groups in total. The van der Waals surface area contributed by atoms with Crippen LogP contribution in [0.15, 0.2) is 23.9 Å². The molecule has 0 saturated carbocycles. The smallest absolute Gasteiger partial charge is 0.0201 e. The Balaban J connectivity index is 2.54. The van der Waals surface area contributed by atoms with E-state index in [4.69, 9.17) is 0 Å². The molecule has 11 heavy (non-hydrogen) atoms. The molecule has 0 aliphatic heterocycles. The zero-order valence-corrected chi connectivity index (χ0v) is 7.59. The standard InChI is InChI=1S/C10H17N/c1-8(2)11-10-7-5-4-6-9(10)3/h4-5,7-9,11H,6H2,1-3H3. The molecule has 1 aliphatic carbocycles. The molecule has 1 heteroatoms. The van der Waals surface area contributed by atoms with Crippen LogP contribution in [0.5, 0.6) is 0 Å². The van der Waals surface area contributed by atoms with Gasteiger partial charge in [0.2, 0.25) is 0 Å². The minimum atomic E-state index is 0.551. The van der Waals surface area contributed by atoms with Gasteiger partial charge in [-0.15, -0.1) is 0 Å². The van der Waals surface area contributed by atoms with Gasteiger partial charge in [0.05, 0.1) is 0 Å². The molecule has 0 spiro atoms. The summed E-state index contributed by atoms with van der Waals surface area (Å²) in [4.78, 5) is 0. The van der Waals surface area contributed by atoms with Crippen molar-refractivity contribution < 1.29 is 0 Å². The lowest BCUT2D eigenvalue weighted by atomic mass is 9.98. The van der Waals surface area contributed by atoms with Crippen molar-refractivity contribution in [1.29, 1.82) is 0 Å². The minimum Gasteiger partial charge on any atom is -0.386 e. The van der Waals surface area contributed by atoms with Gasteiger partial charge in [-0.2, -0.15) is 0 Å². The van der Waals surface area contributed by atoms with Crippen molar-refractivity contribution in [2.75, 3.05) is 0 Å². The van der Waals surface area contributed by atoms with E-state index in [1.807, 2.05) is 0 Å². The highest BCUT2D eigenvalue weighted by molar-refractivity contribution is 5.19. The van der Waals surface area contributed by atoms with Gasteiger partial charge in [-0.05, 0) is 32.3 Å². The van der Waals surface area contributed by atoms with Gasteiger partial charge in [0, 0.05) is 11.7 Å². The topological polar surface area (TPSA) is 12.0 Å². The van der Waals surface area contributed by atoms with Crippen LogP contribution in [0.3, 0.4) is 0 Å². The SMILES string of the molecule is CC(C)NC1=CC=CCC1C. The van der Waals surface area contributed by atoms with E-state index in [2.05, 4.69) is 44.3 Å². The van der Waals surface area contributed by atoms with E-state index in [-0.39, 0.29) is 0 Å². The number of hydrogen-bond acceptors (Lipinski definition) is 1. The predicted octanol–water partition coefficient (Wildman–Crippen LogP) is 2.46. The zero-order chi connectivity index (χ0) is 8.27. The van der Waals surface area contributed by atoms with Crippen LogP contribution in [0.25, 0.3) is 0 Å². The minimum absolute atomic E-state index is 0.551. The van der Waals surface area contributed by atoms with E-state index in [0.29, 0.717) is 12.0 Å². The summed E-state index contributed by atoms with van der Waals surface area (Å²) < 4.78 is 0. The molecule has 1 aliphatic rings. The third kappa shape index (κ3) is 2.41. The normalized spacial score (nSPS) is 23.6. The molecule has 0 aromatic carbocycles. The monoisotopic (exact) mass is 151 g/mol. The number of allylic oxidation sites excluding steroid dienone is 4. The molecule has 0 bridgehead atoms.